The van der Waals surface area contributed by atoms with Crippen molar-refractivity contribution < 1.29 is 8.81 Å². The number of nitrogens with one attached hydrogen (secondary N) is 1. The summed E-state index contributed by atoms with van der Waals surface area (Å²) in [6.07, 6.45) is 2.00. The fraction of sp³-hybridized carbons (Fsp3) is 0.273. The Hall–Kier alpha value is -1.75. The van der Waals surface area contributed by atoms with Crippen LogP contribution in [-0.2, 0) is 13.0 Å². The quantitative estimate of drug-likeness (QED) is 0.790. The second-order valence-electron chi connectivity index (χ2n) is 3.68. The number of hydrogen-bond donors (Lipinski definition) is 1. The third kappa shape index (κ3) is 1.59. The number of aromatic nitrogens is 2. The first-order valence-electron chi connectivity index (χ1n) is 5.14. The summed E-state index contributed by atoms with van der Waals surface area (Å²) in [4.78, 5) is 8.28. The standard InChI is InChI=1S/C11H10FN3O/c12-7-1-2-8(14-5-7)11-15-9-6-13-4-3-10(9)16-11/h1-2,5,13H,3-4,6H2. The third-order valence-electron chi connectivity index (χ3n) is 2.55. The Kier molecular flexibility index (Phi) is 2.18. The zero-order valence-electron chi connectivity index (χ0n) is 8.53. The van der Waals surface area contributed by atoms with E-state index in [0.29, 0.717) is 11.6 Å². The fourth-order valence-corrected chi connectivity index (χ4v) is 1.74. The Balaban J connectivity index is 2.00. The summed E-state index contributed by atoms with van der Waals surface area (Å²) in [5.74, 6) is 1.01. The molecule has 0 saturated heterocycles. The van der Waals surface area contributed by atoms with E-state index >= 15 is 0 Å². The lowest BCUT2D eigenvalue weighted by molar-refractivity contribution is 0.482. The Labute approximate surface area is 91.5 Å². The van der Waals surface area contributed by atoms with Crippen LogP contribution in [0.2, 0.25) is 0 Å². The number of fused-ring (bicyclic) bond motifs is 1. The molecule has 0 aromatic carbocycles. The van der Waals surface area contributed by atoms with Crippen LogP contribution in [0.1, 0.15) is 11.5 Å². The minimum atomic E-state index is -0.360. The molecule has 1 aliphatic heterocycles. The number of oxazole rings is 1. The van der Waals surface area contributed by atoms with Crippen molar-refractivity contribution in [2.24, 2.45) is 0 Å². The highest BCUT2D eigenvalue weighted by Gasteiger charge is 2.17. The third-order valence-corrected chi connectivity index (χ3v) is 2.55. The van der Waals surface area contributed by atoms with Crippen molar-refractivity contribution >= 4 is 0 Å². The highest BCUT2D eigenvalue weighted by atomic mass is 19.1. The lowest BCUT2D eigenvalue weighted by Gasteiger charge is -2.07. The smallest absolute Gasteiger partial charge is 0.245 e. The molecule has 82 valence electrons. The van der Waals surface area contributed by atoms with E-state index in [1.165, 1.54) is 6.07 Å². The molecule has 0 aliphatic carbocycles. The molecule has 0 bridgehead atoms. The molecule has 0 unspecified atom stereocenters. The molecule has 2 aromatic rings. The topological polar surface area (TPSA) is 51.0 Å². The van der Waals surface area contributed by atoms with Crippen molar-refractivity contribution in [3.05, 3.63) is 35.6 Å². The normalized spacial score (nSPS) is 14.8. The predicted octanol–water partition coefficient (Wildman–Crippen LogP) is 1.52. The van der Waals surface area contributed by atoms with Gasteiger partial charge in [0.25, 0.3) is 0 Å². The van der Waals surface area contributed by atoms with E-state index < -0.39 is 0 Å². The van der Waals surface area contributed by atoms with Crippen molar-refractivity contribution in [2.45, 2.75) is 13.0 Å². The molecule has 1 N–H and O–H groups in total. The average molecular weight is 219 g/mol. The number of halogens is 1. The van der Waals surface area contributed by atoms with Crippen molar-refractivity contribution in [3.8, 4) is 11.6 Å². The summed E-state index contributed by atoms with van der Waals surface area (Å²) in [5.41, 5.74) is 1.49. The van der Waals surface area contributed by atoms with Gasteiger partial charge in [0.2, 0.25) is 5.89 Å². The molecule has 1 aliphatic rings. The Morgan fingerprint density at radius 3 is 3.06 bits per heavy atom. The lowest BCUT2D eigenvalue weighted by atomic mass is 10.2. The van der Waals surface area contributed by atoms with Crippen LogP contribution in [0.25, 0.3) is 11.6 Å². The van der Waals surface area contributed by atoms with Crippen molar-refractivity contribution in [3.63, 3.8) is 0 Å². The van der Waals surface area contributed by atoms with Crippen LogP contribution in [0.4, 0.5) is 4.39 Å². The van der Waals surface area contributed by atoms with Crippen LogP contribution in [-0.4, -0.2) is 16.5 Å². The van der Waals surface area contributed by atoms with E-state index in [1.54, 1.807) is 6.07 Å². The first-order chi connectivity index (χ1) is 7.83. The van der Waals surface area contributed by atoms with E-state index in [2.05, 4.69) is 15.3 Å². The molecular weight excluding hydrogens is 209 g/mol. The summed E-state index contributed by atoms with van der Waals surface area (Å²) in [7, 11) is 0. The van der Waals surface area contributed by atoms with Crippen LogP contribution in [0.15, 0.2) is 22.7 Å². The first-order valence-corrected chi connectivity index (χ1v) is 5.14. The Morgan fingerprint density at radius 2 is 2.31 bits per heavy atom. The molecule has 3 rings (SSSR count). The maximum Gasteiger partial charge on any atom is 0.245 e. The molecule has 0 radical (unpaired) electrons. The minimum Gasteiger partial charge on any atom is -0.440 e. The molecule has 0 saturated carbocycles. The lowest BCUT2D eigenvalue weighted by Crippen LogP contribution is -2.22. The van der Waals surface area contributed by atoms with Gasteiger partial charge in [0, 0.05) is 19.5 Å². The number of rotatable bonds is 1. The number of nitrogens with zero attached hydrogens (tertiary/aromatic N) is 2. The zero-order valence-corrected chi connectivity index (χ0v) is 8.53. The fourth-order valence-electron chi connectivity index (χ4n) is 1.74. The van der Waals surface area contributed by atoms with Crippen LogP contribution in [0.3, 0.4) is 0 Å². The molecular formula is C11H10FN3O. The van der Waals surface area contributed by atoms with E-state index in [-0.39, 0.29) is 5.82 Å². The monoisotopic (exact) mass is 219 g/mol. The Morgan fingerprint density at radius 1 is 1.38 bits per heavy atom. The van der Waals surface area contributed by atoms with Crippen molar-refractivity contribution in [2.75, 3.05) is 6.54 Å². The van der Waals surface area contributed by atoms with Gasteiger partial charge in [0.05, 0.1) is 11.9 Å². The summed E-state index contributed by atoms with van der Waals surface area (Å²) in [6.45, 7) is 1.62. The molecule has 16 heavy (non-hydrogen) atoms. The Bertz CT molecular complexity index is 483. The molecule has 0 amide bonds. The summed E-state index contributed by atoms with van der Waals surface area (Å²) >= 11 is 0. The highest BCUT2D eigenvalue weighted by molar-refractivity contribution is 5.47. The molecule has 5 heteroatoms. The molecule has 0 spiro atoms. The van der Waals surface area contributed by atoms with Gasteiger partial charge in [0.15, 0.2) is 0 Å². The second kappa shape index (κ2) is 3.68. The summed E-state index contributed by atoms with van der Waals surface area (Å²) < 4.78 is 18.3. The van der Waals surface area contributed by atoms with Gasteiger partial charge in [-0.25, -0.2) is 14.4 Å². The van der Waals surface area contributed by atoms with E-state index in [9.17, 15) is 4.39 Å². The van der Waals surface area contributed by atoms with Crippen LogP contribution in [0.5, 0.6) is 0 Å². The molecule has 0 atom stereocenters. The van der Waals surface area contributed by atoms with E-state index in [0.717, 1.165) is 37.2 Å². The minimum absolute atomic E-state index is 0.360. The summed E-state index contributed by atoms with van der Waals surface area (Å²) in [5, 5.41) is 3.21. The van der Waals surface area contributed by atoms with E-state index in [4.69, 9.17) is 4.42 Å². The van der Waals surface area contributed by atoms with Gasteiger partial charge in [0.1, 0.15) is 17.3 Å². The van der Waals surface area contributed by atoms with Crippen molar-refractivity contribution in [1.29, 1.82) is 0 Å². The number of pyridine rings is 1. The summed E-state index contributed by atoms with van der Waals surface area (Å²) in [6, 6.07) is 2.92. The van der Waals surface area contributed by atoms with E-state index in [1.807, 2.05) is 0 Å². The van der Waals surface area contributed by atoms with Crippen LogP contribution < -0.4 is 5.32 Å². The van der Waals surface area contributed by atoms with Crippen LogP contribution >= 0.6 is 0 Å². The van der Waals surface area contributed by atoms with Crippen LogP contribution in [0, 0.1) is 5.82 Å². The molecule has 2 aromatic heterocycles. The highest BCUT2D eigenvalue weighted by Crippen LogP contribution is 2.22. The molecule has 4 nitrogen and oxygen atoms in total. The van der Waals surface area contributed by atoms with Gasteiger partial charge < -0.3 is 9.73 Å². The largest absolute Gasteiger partial charge is 0.440 e. The van der Waals surface area contributed by atoms with Gasteiger partial charge in [-0.2, -0.15) is 0 Å². The van der Waals surface area contributed by atoms with Gasteiger partial charge in [-0.1, -0.05) is 0 Å². The second-order valence-corrected chi connectivity index (χ2v) is 3.68. The predicted molar refractivity (Wildman–Crippen MR) is 55.1 cm³/mol. The van der Waals surface area contributed by atoms with Gasteiger partial charge in [-0.05, 0) is 12.1 Å². The van der Waals surface area contributed by atoms with Gasteiger partial charge in [-0.3, -0.25) is 0 Å². The van der Waals surface area contributed by atoms with Gasteiger partial charge in [-0.15, -0.1) is 0 Å². The average Bonchev–Trinajstić information content (AvgIpc) is 2.73. The maximum absolute atomic E-state index is 12.7. The molecule has 3 heterocycles. The zero-order chi connectivity index (χ0) is 11.0. The van der Waals surface area contributed by atoms with Crippen molar-refractivity contribution in [1.82, 2.24) is 15.3 Å². The SMILES string of the molecule is Fc1ccc(-c2nc3c(o2)CCNC3)nc1. The first kappa shape index (κ1) is 9.47. The number of hydrogen-bond acceptors (Lipinski definition) is 4. The molecule has 0 fully saturated rings. The van der Waals surface area contributed by atoms with Gasteiger partial charge >= 0.3 is 0 Å². The maximum atomic E-state index is 12.7.